The first-order valence-corrected chi connectivity index (χ1v) is 9.70. The van der Waals surface area contributed by atoms with Crippen molar-refractivity contribution in [3.8, 4) is 16.6 Å². The molecule has 0 saturated heterocycles. The number of nitrogens with zero attached hydrogens (tertiary/aromatic N) is 3. The molecule has 2 aromatic heterocycles. The molecule has 25 heavy (non-hydrogen) atoms. The van der Waals surface area contributed by atoms with E-state index in [0.717, 1.165) is 35.5 Å². The zero-order valence-corrected chi connectivity index (χ0v) is 15.3. The molecule has 0 amide bonds. The van der Waals surface area contributed by atoms with Crippen LogP contribution in [-0.4, -0.2) is 9.36 Å². The molecule has 126 valence electrons. The highest BCUT2D eigenvalue weighted by molar-refractivity contribution is 7.15. The van der Waals surface area contributed by atoms with Crippen LogP contribution >= 0.6 is 34.5 Å². The molecule has 1 atom stereocenters. The number of halogens is 2. The summed E-state index contributed by atoms with van der Waals surface area (Å²) in [4.78, 5) is 6.03. The Labute approximate surface area is 157 Å². The van der Waals surface area contributed by atoms with Crippen LogP contribution in [0.5, 0.6) is 0 Å². The largest absolute Gasteiger partial charge is 0.366 e. The highest BCUT2D eigenvalue weighted by Gasteiger charge is 2.27. The lowest BCUT2D eigenvalue weighted by atomic mass is 9.97. The molecule has 1 aromatic carbocycles. The maximum absolute atomic E-state index is 13.1. The van der Waals surface area contributed by atoms with Crippen molar-refractivity contribution in [2.75, 3.05) is 5.32 Å². The van der Waals surface area contributed by atoms with Gasteiger partial charge in [0.25, 0.3) is 0 Å². The first kappa shape index (κ1) is 16.5. The van der Waals surface area contributed by atoms with Crippen molar-refractivity contribution >= 4 is 39.5 Å². The molecule has 0 radical (unpaired) electrons. The Kier molecular flexibility index (Phi) is 4.42. The number of anilines is 1. The Hall–Kier alpha value is -2.01. The number of aromatic nitrogens is 2. The number of hydrogen-bond donors (Lipinski definition) is 1. The van der Waals surface area contributed by atoms with Crippen LogP contribution in [0.15, 0.2) is 24.3 Å². The van der Waals surface area contributed by atoms with E-state index in [9.17, 15) is 9.65 Å². The van der Waals surface area contributed by atoms with Crippen LogP contribution in [0.1, 0.15) is 35.0 Å². The SMILES string of the molecule is N#Cc1c(Cl)nsc1NC1CCCc2sc(-c3ccc(F)cc3)nc21. The number of rotatable bonds is 3. The van der Waals surface area contributed by atoms with E-state index in [1.54, 1.807) is 23.5 Å². The minimum absolute atomic E-state index is 0.0258. The molecule has 4 rings (SSSR count). The highest BCUT2D eigenvalue weighted by Crippen LogP contribution is 2.40. The van der Waals surface area contributed by atoms with Crippen LogP contribution in [0.4, 0.5) is 9.39 Å². The van der Waals surface area contributed by atoms with Gasteiger partial charge in [0, 0.05) is 10.4 Å². The summed E-state index contributed by atoms with van der Waals surface area (Å²) in [5.41, 5.74) is 2.30. The Morgan fingerprint density at radius 3 is 2.88 bits per heavy atom. The monoisotopic (exact) mass is 390 g/mol. The predicted octanol–water partition coefficient (Wildman–Crippen LogP) is 5.42. The van der Waals surface area contributed by atoms with Crippen LogP contribution < -0.4 is 5.32 Å². The first-order valence-electron chi connectivity index (χ1n) is 7.73. The Balaban J connectivity index is 1.66. The summed E-state index contributed by atoms with van der Waals surface area (Å²) in [6, 6.07) is 8.51. The second-order valence-electron chi connectivity index (χ2n) is 5.71. The number of nitriles is 1. The van der Waals surface area contributed by atoms with Gasteiger partial charge in [-0.2, -0.15) is 9.64 Å². The summed E-state index contributed by atoms with van der Waals surface area (Å²) in [5, 5.41) is 14.4. The van der Waals surface area contributed by atoms with E-state index in [0.29, 0.717) is 10.6 Å². The van der Waals surface area contributed by atoms with Crippen molar-refractivity contribution in [2.45, 2.75) is 25.3 Å². The zero-order chi connectivity index (χ0) is 17.4. The maximum Gasteiger partial charge on any atom is 0.162 e. The Morgan fingerprint density at radius 1 is 1.32 bits per heavy atom. The number of fused-ring (bicyclic) bond motifs is 1. The molecule has 8 heteroatoms. The van der Waals surface area contributed by atoms with Crippen molar-refractivity contribution in [3.63, 3.8) is 0 Å². The fourth-order valence-electron chi connectivity index (χ4n) is 2.90. The van der Waals surface area contributed by atoms with E-state index in [4.69, 9.17) is 16.6 Å². The molecule has 0 spiro atoms. The molecule has 0 bridgehead atoms. The summed E-state index contributed by atoms with van der Waals surface area (Å²) >= 11 is 8.79. The van der Waals surface area contributed by atoms with Gasteiger partial charge in [0.05, 0.1) is 11.7 Å². The van der Waals surface area contributed by atoms with Crippen molar-refractivity contribution in [3.05, 3.63) is 51.4 Å². The molecule has 1 aliphatic rings. The van der Waals surface area contributed by atoms with Crippen molar-refractivity contribution in [2.24, 2.45) is 0 Å². The number of thiazole rings is 1. The number of benzene rings is 1. The summed E-state index contributed by atoms with van der Waals surface area (Å²) in [7, 11) is 0. The predicted molar refractivity (Wildman–Crippen MR) is 98.6 cm³/mol. The van der Waals surface area contributed by atoms with Crippen molar-refractivity contribution in [1.82, 2.24) is 9.36 Å². The van der Waals surface area contributed by atoms with E-state index >= 15 is 0 Å². The van der Waals surface area contributed by atoms with Gasteiger partial charge >= 0.3 is 0 Å². The normalized spacial score (nSPS) is 16.3. The van der Waals surface area contributed by atoms with Gasteiger partial charge in [-0.1, -0.05) is 11.6 Å². The smallest absolute Gasteiger partial charge is 0.162 e. The lowest BCUT2D eigenvalue weighted by molar-refractivity contribution is 0.595. The Bertz CT molecular complexity index is 958. The lowest BCUT2D eigenvalue weighted by Gasteiger charge is -2.22. The third kappa shape index (κ3) is 3.13. The van der Waals surface area contributed by atoms with Crippen LogP contribution in [-0.2, 0) is 6.42 Å². The first-order chi connectivity index (χ1) is 12.2. The fourth-order valence-corrected chi connectivity index (χ4v) is 5.06. The summed E-state index contributed by atoms with van der Waals surface area (Å²) in [6.45, 7) is 0. The lowest BCUT2D eigenvalue weighted by Crippen LogP contribution is -2.16. The number of nitrogens with one attached hydrogen (secondary N) is 1. The average molecular weight is 391 g/mol. The van der Waals surface area contributed by atoms with Gasteiger partial charge in [-0.25, -0.2) is 9.37 Å². The van der Waals surface area contributed by atoms with Gasteiger partial charge in [0.15, 0.2) is 5.15 Å². The van der Waals surface area contributed by atoms with Crippen LogP contribution in [0.25, 0.3) is 10.6 Å². The second kappa shape index (κ2) is 6.71. The van der Waals surface area contributed by atoms with Gasteiger partial charge in [0.1, 0.15) is 27.5 Å². The molecule has 3 aromatic rings. The van der Waals surface area contributed by atoms with Crippen molar-refractivity contribution < 1.29 is 4.39 Å². The quantitative estimate of drug-likeness (QED) is 0.648. The van der Waals surface area contributed by atoms with E-state index in [2.05, 4.69) is 15.8 Å². The molecular formula is C17H12ClFN4S2. The van der Waals surface area contributed by atoms with E-state index in [-0.39, 0.29) is 17.0 Å². The molecule has 1 aliphatic carbocycles. The summed E-state index contributed by atoms with van der Waals surface area (Å²) < 4.78 is 17.2. The molecule has 1 unspecified atom stereocenters. The second-order valence-corrected chi connectivity index (χ2v) is 7.93. The Morgan fingerprint density at radius 2 is 2.12 bits per heavy atom. The minimum Gasteiger partial charge on any atom is -0.366 e. The van der Waals surface area contributed by atoms with E-state index in [1.165, 1.54) is 28.5 Å². The summed E-state index contributed by atoms with van der Waals surface area (Å²) in [6.07, 6.45) is 2.96. The van der Waals surface area contributed by atoms with Gasteiger partial charge in [-0.05, 0) is 55.1 Å². The summed E-state index contributed by atoms with van der Waals surface area (Å²) in [5.74, 6) is -0.254. The van der Waals surface area contributed by atoms with Gasteiger partial charge < -0.3 is 5.32 Å². The standard InChI is InChI=1S/C17H12ClFN4S2/c18-15-11(8-20)17(25-23-15)21-12-2-1-3-13-14(12)22-16(24-13)9-4-6-10(19)7-5-9/h4-7,12,21H,1-3H2. The number of aryl methyl sites for hydroxylation is 1. The van der Waals surface area contributed by atoms with Gasteiger partial charge in [-0.3, -0.25) is 0 Å². The van der Waals surface area contributed by atoms with E-state index < -0.39 is 0 Å². The topological polar surface area (TPSA) is 61.6 Å². The third-order valence-corrected chi connectivity index (χ3v) is 6.45. The molecule has 4 nitrogen and oxygen atoms in total. The van der Waals surface area contributed by atoms with Gasteiger partial charge in [-0.15, -0.1) is 11.3 Å². The van der Waals surface area contributed by atoms with E-state index in [1.807, 2.05) is 0 Å². The molecule has 1 N–H and O–H groups in total. The zero-order valence-electron chi connectivity index (χ0n) is 12.9. The van der Waals surface area contributed by atoms with Crippen LogP contribution in [0.2, 0.25) is 5.15 Å². The molecule has 0 aliphatic heterocycles. The highest BCUT2D eigenvalue weighted by atomic mass is 35.5. The molecule has 0 saturated carbocycles. The van der Waals surface area contributed by atoms with Gasteiger partial charge in [0.2, 0.25) is 0 Å². The van der Waals surface area contributed by atoms with Crippen molar-refractivity contribution in [1.29, 1.82) is 5.26 Å². The molecule has 0 fully saturated rings. The van der Waals surface area contributed by atoms with Crippen LogP contribution in [0.3, 0.4) is 0 Å². The van der Waals surface area contributed by atoms with Crippen LogP contribution in [0, 0.1) is 17.1 Å². The number of hydrogen-bond acceptors (Lipinski definition) is 6. The minimum atomic E-state index is -0.254. The maximum atomic E-state index is 13.1. The molecule has 2 heterocycles. The third-order valence-electron chi connectivity index (χ3n) is 4.11. The average Bonchev–Trinajstić information content (AvgIpc) is 3.20. The fraction of sp³-hybridized carbons (Fsp3) is 0.235. The molecular weight excluding hydrogens is 379 g/mol.